The number of hydrogen-bond acceptors (Lipinski definition) is 4. The molecule has 0 fully saturated rings. The van der Waals surface area contributed by atoms with Gasteiger partial charge in [0.25, 0.3) is 0 Å². The predicted octanol–water partition coefficient (Wildman–Crippen LogP) is 4.92. The van der Waals surface area contributed by atoms with Crippen molar-refractivity contribution in [1.29, 1.82) is 0 Å². The van der Waals surface area contributed by atoms with Crippen LogP contribution in [-0.4, -0.2) is 28.3 Å². The summed E-state index contributed by atoms with van der Waals surface area (Å²) < 4.78 is 5.27. The molecule has 138 valence electrons. The number of halogens is 1. The largest absolute Gasteiger partial charge is 0.454 e. The van der Waals surface area contributed by atoms with Crippen molar-refractivity contribution in [3.63, 3.8) is 0 Å². The number of H-pyrrole nitrogens is 1. The standard InChI is InChI=1S/C22H15ClN2O3/c23-15-9-7-14(8-10-15)20-12-17(16-4-1-2-5-18(16)25-20)22(27)28-13-21(26)19-6-3-11-24-19/h1-12,24H,13H2. The summed E-state index contributed by atoms with van der Waals surface area (Å²) in [5.41, 5.74) is 2.87. The minimum atomic E-state index is -0.575. The molecule has 5 nitrogen and oxygen atoms in total. The number of aromatic amines is 1. The van der Waals surface area contributed by atoms with Crippen LogP contribution < -0.4 is 0 Å². The monoisotopic (exact) mass is 390 g/mol. The number of carbonyl (C=O) groups is 2. The number of para-hydroxylation sites is 1. The fourth-order valence-corrected chi connectivity index (χ4v) is 3.03. The van der Waals surface area contributed by atoms with Gasteiger partial charge in [-0.15, -0.1) is 0 Å². The molecule has 2 aromatic heterocycles. The van der Waals surface area contributed by atoms with E-state index in [9.17, 15) is 9.59 Å². The summed E-state index contributed by atoms with van der Waals surface area (Å²) in [4.78, 5) is 32.3. The molecule has 4 aromatic rings. The fourth-order valence-electron chi connectivity index (χ4n) is 2.90. The zero-order valence-corrected chi connectivity index (χ0v) is 15.4. The normalized spacial score (nSPS) is 10.8. The summed E-state index contributed by atoms with van der Waals surface area (Å²) in [6.07, 6.45) is 1.64. The van der Waals surface area contributed by atoms with Crippen molar-refractivity contribution in [3.8, 4) is 11.3 Å². The number of nitrogens with one attached hydrogen (secondary N) is 1. The van der Waals surface area contributed by atoms with Gasteiger partial charge < -0.3 is 9.72 Å². The van der Waals surface area contributed by atoms with E-state index in [1.165, 1.54) is 0 Å². The maximum atomic E-state index is 12.7. The molecule has 0 amide bonds. The number of hydrogen-bond donors (Lipinski definition) is 1. The average Bonchev–Trinajstić information content (AvgIpc) is 3.26. The topological polar surface area (TPSA) is 72.1 Å². The van der Waals surface area contributed by atoms with E-state index in [0.29, 0.717) is 32.9 Å². The van der Waals surface area contributed by atoms with Gasteiger partial charge in [-0.25, -0.2) is 9.78 Å². The first-order valence-corrected chi connectivity index (χ1v) is 8.99. The van der Waals surface area contributed by atoms with Crippen molar-refractivity contribution in [2.75, 3.05) is 6.61 Å². The lowest BCUT2D eigenvalue weighted by atomic mass is 10.0. The Hall–Kier alpha value is -3.44. The van der Waals surface area contributed by atoms with Crippen LogP contribution in [0.3, 0.4) is 0 Å². The van der Waals surface area contributed by atoms with Gasteiger partial charge in [0.2, 0.25) is 5.78 Å². The number of ketones is 1. The van der Waals surface area contributed by atoms with Gasteiger partial charge in [-0.1, -0.05) is 41.9 Å². The second kappa shape index (κ2) is 7.66. The van der Waals surface area contributed by atoms with Gasteiger partial charge in [0, 0.05) is 22.2 Å². The lowest BCUT2D eigenvalue weighted by molar-refractivity contribution is 0.0475. The number of esters is 1. The lowest BCUT2D eigenvalue weighted by Crippen LogP contribution is -2.15. The molecule has 0 radical (unpaired) electrons. The van der Waals surface area contributed by atoms with Crippen LogP contribution >= 0.6 is 11.6 Å². The maximum Gasteiger partial charge on any atom is 0.339 e. The van der Waals surface area contributed by atoms with E-state index in [0.717, 1.165) is 5.56 Å². The number of fused-ring (bicyclic) bond motifs is 1. The summed E-state index contributed by atoms with van der Waals surface area (Å²) in [7, 11) is 0. The molecule has 0 saturated heterocycles. The predicted molar refractivity (Wildman–Crippen MR) is 108 cm³/mol. The number of pyridine rings is 1. The summed E-state index contributed by atoms with van der Waals surface area (Å²) in [5.74, 6) is -0.872. The number of ether oxygens (including phenoxy) is 1. The van der Waals surface area contributed by atoms with E-state index in [2.05, 4.69) is 9.97 Å². The third-order valence-electron chi connectivity index (χ3n) is 4.31. The van der Waals surface area contributed by atoms with E-state index in [1.54, 1.807) is 42.6 Å². The molecular formula is C22H15ClN2O3. The van der Waals surface area contributed by atoms with Crippen LogP contribution in [0.25, 0.3) is 22.2 Å². The Morgan fingerprint density at radius 2 is 1.79 bits per heavy atom. The molecule has 0 aliphatic carbocycles. The highest BCUT2D eigenvalue weighted by molar-refractivity contribution is 6.30. The fraction of sp³-hybridized carbons (Fsp3) is 0.0455. The summed E-state index contributed by atoms with van der Waals surface area (Å²) >= 11 is 5.96. The Kier molecular flexibility index (Phi) is 4.91. The average molecular weight is 391 g/mol. The van der Waals surface area contributed by atoms with Crippen molar-refractivity contribution < 1.29 is 14.3 Å². The highest BCUT2D eigenvalue weighted by atomic mass is 35.5. The number of rotatable bonds is 5. The molecule has 1 N–H and O–H groups in total. The van der Waals surface area contributed by atoms with E-state index < -0.39 is 5.97 Å². The van der Waals surface area contributed by atoms with Gasteiger partial charge >= 0.3 is 5.97 Å². The molecule has 4 rings (SSSR count). The second-order valence-corrected chi connectivity index (χ2v) is 6.60. The van der Waals surface area contributed by atoms with Gasteiger partial charge in [-0.2, -0.15) is 0 Å². The van der Waals surface area contributed by atoms with E-state index in [1.807, 2.05) is 30.3 Å². The number of Topliss-reactive ketones (excluding diaryl/α,β-unsaturated/α-hetero) is 1. The third kappa shape index (κ3) is 3.66. The number of aromatic nitrogens is 2. The van der Waals surface area contributed by atoms with Crippen LogP contribution in [0.4, 0.5) is 0 Å². The first-order chi connectivity index (χ1) is 13.6. The quantitative estimate of drug-likeness (QED) is 0.387. The van der Waals surface area contributed by atoms with Gasteiger partial charge in [-0.3, -0.25) is 4.79 Å². The Bertz CT molecular complexity index is 1150. The van der Waals surface area contributed by atoms with E-state index in [4.69, 9.17) is 16.3 Å². The van der Waals surface area contributed by atoms with Crippen LogP contribution in [0.5, 0.6) is 0 Å². The van der Waals surface area contributed by atoms with Crippen molar-refractivity contribution in [2.45, 2.75) is 0 Å². The highest BCUT2D eigenvalue weighted by Crippen LogP contribution is 2.26. The molecule has 0 aliphatic heterocycles. The van der Waals surface area contributed by atoms with E-state index >= 15 is 0 Å². The first kappa shape index (κ1) is 17.9. The zero-order chi connectivity index (χ0) is 19.5. The molecule has 0 aliphatic rings. The molecule has 0 bridgehead atoms. The molecule has 0 atom stereocenters. The van der Waals surface area contributed by atoms with Gasteiger partial charge in [0.15, 0.2) is 6.61 Å². The van der Waals surface area contributed by atoms with Gasteiger partial charge in [-0.05, 0) is 36.4 Å². The summed E-state index contributed by atoms with van der Waals surface area (Å²) in [5, 5.41) is 1.28. The number of carbonyl (C=O) groups excluding carboxylic acids is 2. The van der Waals surface area contributed by atoms with Crippen molar-refractivity contribution >= 4 is 34.3 Å². The molecule has 6 heteroatoms. The van der Waals surface area contributed by atoms with Crippen LogP contribution in [0.15, 0.2) is 72.9 Å². The Morgan fingerprint density at radius 3 is 2.54 bits per heavy atom. The smallest absolute Gasteiger partial charge is 0.339 e. The minimum Gasteiger partial charge on any atom is -0.454 e. The molecule has 2 aromatic carbocycles. The SMILES string of the molecule is O=C(COC(=O)c1cc(-c2ccc(Cl)cc2)nc2ccccc12)c1ccc[nH]1. The van der Waals surface area contributed by atoms with Crippen LogP contribution in [0.1, 0.15) is 20.8 Å². The summed E-state index contributed by atoms with van der Waals surface area (Å²) in [6.45, 7) is -0.341. The number of benzene rings is 2. The lowest BCUT2D eigenvalue weighted by Gasteiger charge is -2.10. The number of nitrogens with zero attached hydrogens (tertiary/aromatic N) is 1. The molecule has 0 unspecified atom stereocenters. The van der Waals surface area contributed by atoms with E-state index in [-0.39, 0.29) is 12.4 Å². The molecule has 2 heterocycles. The highest BCUT2D eigenvalue weighted by Gasteiger charge is 2.17. The Labute approximate surface area is 165 Å². The molecule has 0 spiro atoms. The molecule has 28 heavy (non-hydrogen) atoms. The molecular weight excluding hydrogens is 376 g/mol. The molecule has 0 saturated carbocycles. The van der Waals surface area contributed by atoms with Crippen molar-refractivity contribution in [2.24, 2.45) is 0 Å². The van der Waals surface area contributed by atoms with Crippen molar-refractivity contribution in [1.82, 2.24) is 9.97 Å². The maximum absolute atomic E-state index is 12.7. The van der Waals surface area contributed by atoms with Crippen LogP contribution in [-0.2, 0) is 4.74 Å². The second-order valence-electron chi connectivity index (χ2n) is 6.16. The zero-order valence-electron chi connectivity index (χ0n) is 14.7. The van der Waals surface area contributed by atoms with Gasteiger partial charge in [0.1, 0.15) is 0 Å². The third-order valence-corrected chi connectivity index (χ3v) is 4.56. The Morgan fingerprint density at radius 1 is 1.00 bits per heavy atom. The van der Waals surface area contributed by atoms with Crippen LogP contribution in [0, 0.1) is 0 Å². The Balaban J connectivity index is 1.67. The first-order valence-electron chi connectivity index (χ1n) is 8.61. The van der Waals surface area contributed by atoms with Gasteiger partial charge in [0.05, 0.1) is 22.5 Å². The summed E-state index contributed by atoms with van der Waals surface area (Å²) in [6, 6.07) is 19.5. The minimum absolute atomic E-state index is 0.297. The van der Waals surface area contributed by atoms with Crippen LogP contribution in [0.2, 0.25) is 5.02 Å². The van der Waals surface area contributed by atoms with Crippen molar-refractivity contribution in [3.05, 3.63) is 89.2 Å².